The fourth-order valence-electron chi connectivity index (χ4n) is 2.51. The number of dihydropyridines is 1. The Balaban J connectivity index is 2.73. The van der Waals surface area contributed by atoms with Crippen molar-refractivity contribution in [3.63, 3.8) is 0 Å². The maximum atomic E-state index is 12.1. The van der Waals surface area contributed by atoms with Crippen LogP contribution in [0.5, 0.6) is 0 Å². The average molecular weight is 298 g/mol. The van der Waals surface area contributed by atoms with Crippen LogP contribution >= 0.6 is 0 Å². The number of nitrogens with one attached hydrogen (secondary N) is 1. The Hall–Kier alpha value is -3.07. The number of carbonyl (C=O) groups is 2. The van der Waals surface area contributed by atoms with Crippen molar-refractivity contribution in [2.24, 2.45) is 0 Å². The molecule has 1 aliphatic heterocycles. The van der Waals surface area contributed by atoms with E-state index in [1.165, 1.54) is 7.11 Å². The Kier molecular flexibility index (Phi) is 4.28. The monoisotopic (exact) mass is 298 g/mol. The van der Waals surface area contributed by atoms with Gasteiger partial charge in [-0.2, -0.15) is 5.26 Å². The first-order chi connectivity index (χ1) is 10.5. The number of ether oxygens (including phenoxy) is 1. The van der Waals surface area contributed by atoms with Crippen molar-refractivity contribution >= 4 is 11.9 Å². The molecule has 2 rings (SSSR count). The molecule has 2 N–H and O–H groups in total. The number of carbonyl (C=O) groups excluding carboxylic acids is 1. The fourth-order valence-corrected chi connectivity index (χ4v) is 2.51. The van der Waals surface area contributed by atoms with Gasteiger partial charge in [-0.15, -0.1) is 0 Å². The van der Waals surface area contributed by atoms with Gasteiger partial charge >= 0.3 is 11.9 Å². The molecule has 0 saturated carbocycles. The van der Waals surface area contributed by atoms with Crippen molar-refractivity contribution in [2.75, 3.05) is 7.11 Å². The Morgan fingerprint density at radius 3 is 2.41 bits per heavy atom. The third-order valence-electron chi connectivity index (χ3n) is 3.44. The molecule has 112 valence electrons. The van der Waals surface area contributed by atoms with Gasteiger partial charge < -0.3 is 15.2 Å². The fraction of sp³-hybridized carbons (Fsp3) is 0.188. The molecule has 0 fully saturated rings. The summed E-state index contributed by atoms with van der Waals surface area (Å²) in [4.78, 5) is 23.8. The van der Waals surface area contributed by atoms with Gasteiger partial charge in [0.05, 0.1) is 24.2 Å². The standard InChI is InChI=1S/C16H14N2O4/c1-9-12(15(19)20)13(10-6-4-3-5-7-10)14(16(21)22-2)11(8-17)18-9/h3-7,13,18H,1-2H3,(H,19,20). The van der Waals surface area contributed by atoms with E-state index in [1.807, 2.05) is 6.07 Å². The molecule has 0 radical (unpaired) electrons. The van der Waals surface area contributed by atoms with Crippen LogP contribution in [0.25, 0.3) is 0 Å². The lowest BCUT2D eigenvalue weighted by atomic mass is 9.80. The highest BCUT2D eigenvalue weighted by molar-refractivity contribution is 5.99. The molecule has 22 heavy (non-hydrogen) atoms. The zero-order valence-electron chi connectivity index (χ0n) is 12.1. The van der Waals surface area contributed by atoms with Gasteiger partial charge in [0.15, 0.2) is 0 Å². The maximum Gasteiger partial charge on any atom is 0.337 e. The van der Waals surface area contributed by atoms with E-state index in [4.69, 9.17) is 4.74 Å². The van der Waals surface area contributed by atoms with Crippen LogP contribution in [-0.4, -0.2) is 24.2 Å². The molecule has 6 heteroatoms. The number of benzene rings is 1. The zero-order valence-corrected chi connectivity index (χ0v) is 12.1. The number of carboxylic acids is 1. The van der Waals surface area contributed by atoms with Gasteiger partial charge in [-0.05, 0) is 12.5 Å². The van der Waals surface area contributed by atoms with Gasteiger partial charge in [0.1, 0.15) is 11.8 Å². The summed E-state index contributed by atoms with van der Waals surface area (Å²) in [6.07, 6.45) is 0. The summed E-state index contributed by atoms with van der Waals surface area (Å²) in [5.74, 6) is -2.75. The van der Waals surface area contributed by atoms with Crippen molar-refractivity contribution in [1.82, 2.24) is 5.32 Å². The topological polar surface area (TPSA) is 99.4 Å². The molecule has 1 unspecified atom stereocenters. The van der Waals surface area contributed by atoms with Gasteiger partial charge in [0, 0.05) is 5.70 Å². The molecule has 1 aromatic carbocycles. The highest BCUT2D eigenvalue weighted by Gasteiger charge is 2.38. The first-order valence-electron chi connectivity index (χ1n) is 6.49. The van der Waals surface area contributed by atoms with Crippen molar-refractivity contribution in [3.8, 4) is 6.07 Å². The summed E-state index contributed by atoms with van der Waals surface area (Å²) in [5.41, 5.74) is 0.951. The van der Waals surface area contributed by atoms with Crippen molar-refractivity contribution < 1.29 is 19.4 Å². The Morgan fingerprint density at radius 2 is 1.91 bits per heavy atom. The van der Waals surface area contributed by atoms with Gasteiger partial charge in [-0.1, -0.05) is 30.3 Å². The van der Waals surface area contributed by atoms with E-state index >= 15 is 0 Å². The Bertz CT molecular complexity index is 726. The van der Waals surface area contributed by atoms with Gasteiger partial charge in [-0.25, -0.2) is 9.59 Å². The minimum atomic E-state index is -1.16. The van der Waals surface area contributed by atoms with E-state index in [0.29, 0.717) is 11.3 Å². The number of nitriles is 1. The van der Waals surface area contributed by atoms with Crippen molar-refractivity contribution in [2.45, 2.75) is 12.8 Å². The quantitative estimate of drug-likeness (QED) is 0.824. The summed E-state index contributed by atoms with van der Waals surface area (Å²) < 4.78 is 4.73. The van der Waals surface area contributed by atoms with Crippen LogP contribution in [0.1, 0.15) is 18.4 Å². The molecule has 1 aromatic rings. The van der Waals surface area contributed by atoms with Crippen LogP contribution in [0.15, 0.2) is 52.9 Å². The molecule has 0 spiro atoms. The predicted octanol–water partition coefficient (Wildman–Crippen LogP) is 1.68. The lowest BCUT2D eigenvalue weighted by molar-refractivity contribution is -0.136. The molecule has 0 aromatic heterocycles. The molecule has 1 heterocycles. The number of methoxy groups -OCH3 is 1. The smallest absolute Gasteiger partial charge is 0.337 e. The molecule has 1 aliphatic rings. The van der Waals surface area contributed by atoms with Crippen LogP contribution in [0.3, 0.4) is 0 Å². The zero-order chi connectivity index (χ0) is 16.3. The third kappa shape index (κ3) is 2.56. The number of nitrogens with zero attached hydrogens (tertiary/aromatic N) is 1. The maximum absolute atomic E-state index is 12.1. The lowest BCUT2D eigenvalue weighted by Gasteiger charge is -2.28. The molecule has 6 nitrogen and oxygen atoms in total. The summed E-state index contributed by atoms with van der Waals surface area (Å²) in [5, 5.41) is 21.5. The average Bonchev–Trinajstić information content (AvgIpc) is 2.53. The van der Waals surface area contributed by atoms with Crippen LogP contribution in [0, 0.1) is 11.3 Å². The largest absolute Gasteiger partial charge is 0.478 e. The first-order valence-corrected chi connectivity index (χ1v) is 6.49. The summed E-state index contributed by atoms with van der Waals surface area (Å²) >= 11 is 0. The Morgan fingerprint density at radius 1 is 1.27 bits per heavy atom. The summed E-state index contributed by atoms with van der Waals surface area (Å²) in [6, 6.07) is 10.6. The molecule has 1 atom stereocenters. The number of allylic oxidation sites excluding steroid dienone is 2. The second-order valence-corrected chi connectivity index (χ2v) is 4.70. The van der Waals surface area contributed by atoms with Crippen molar-refractivity contribution in [1.29, 1.82) is 5.26 Å². The number of hydrogen-bond donors (Lipinski definition) is 2. The van der Waals surface area contributed by atoms with E-state index in [1.54, 1.807) is 37.3 Å². The van der Waals surface area contributed by atoms with Gasteiger partial charge in [-0.3, -0.25) is 0 Å². The number of hydrogen-bond acceptors (Lipinski definition) is 5. The summed E-state index contributed by atoms with van der Waals surface area (Å²) in [7, 11) is 1.19. The van der Waals surface area contributed by atoms with E-state index in [-0.39, 0.29) is 16.8 Å². The summed E-state index contributed by atoms with van der Waals surface area (Å²) in [6.45, 7) is 1.56. The predicted molar refractivity (Wildman–Crippen MR) is 77.3 cm³/mol. The number of aliphatic carboxylic acids is 1. The second kappa shape index (κ2) is 6.14. The van der Waals surface area contributed by atoms with Gasteiger partial charge in [0.25, 0.3) is 0 Å². The molecule has 0 aliphatic carbocycles. The Labute approximate surface area is 127 Å². The van der Waals surface area contributed by atoms with E-state index in [9.17, 15) is 20.0 Å². The first kappa shape index (κ1) is 15.3. The van der Waals surface area contributed by atoms with E-state index in [2.05, 4.69) is 5.32 Å². The minimum Gasteiger partial charge on any atom is -0.478 e. The molecular weight excluding hydrogens is 284 g/mol. The molecule has 0 bridgehead atoms. The lowest BCUT2D eigenvalue weighted by Crippen LogP contribution is -2.32. The van der Waals surface area contributed by atoms with Crippen LogP contribution in [-0.2, 0) is 14.3 Å². The molecule has 0 amide bonds. The third-order valence-corrected chi connectivity index (χ3v) is 3.44. The van der Waals surface area contributed by atoms with Crippen LogP contribution < -0.4 is 5.32 Å². The number of carboxylic acid groups (broad SMARTS) is 1. The normalized spacial score (nSPS) is 17.6. The number of esters is 1. The van der Waals surface area contributed by atoms with Gasteiger partial charge in [0.2, 0.25) is 0 Å². The van der Waals surface area contributed by atoms with Crippen LogP contribution in [0.2, 0.25) is 0 Å². The SMILES string of the molecule is COC(=O)C1=C(C#N)NC(C)=C(C(=O)O)C1c1ccccc1. The van der Waals surface area contributed by atoms with E-state index in [0.717, 1.165) is 0 Å². The molecular formula is C16H14N2O4. The minimum absolute atomic E-state index is 0.000741. The molecule has 0 saturated heterocycles. The van der Waals surface area contributed by atoms with Crippen LogP contribution in [0.4, 0.5) is 0 Å². The van der Waals surface area contributed by atoms with E-state index < -0.39 is 17.9 Å². The number of rotatable bonds is 3. The second-order valence-electron chi connectivity index (χ2n) is 4.70. The highest BCUT2D eigenvalue weighted by atomic mass is 16.5. The van der Waals surface area contributed by atoms with Crippen molar-refractivity contribution in [3.05, 3.63) is 58.4 Å². The highest BCUT2D eigenvalue weighted by Crippen LogP contribution is 2.38.